The van der Waals surface area contributed by atoms with Gasteiger partial charge in [0.25, 0.3) is 5.91 Å². The summed E-state index contributed by atoms with van der Waals surface area (Å²) in [7, 11) is 0. The number of benzene rings is 1. The van der Waals surface area contributed by atoms with Gasteiger partial charge in [0, 0.05) is 24.2 Å². The van der Waals surface area contributed by atoms with E-state index in [9.17, 15) is 9.59 Å². The Morgan fingerprint density at radius 3 is 2.53 bits per heavy atom. The van der Waals surface area contributed by atoms with Crippen LogP contribution in [0.4, 0.5) is 0 Å². The summed E-state index contributed by atoms with van der Waals surface area (Å²) in [6, 6.07) is 7.68. The molecular formula is C21H28N4O4S. The quantitative estimate of drug-likeness (QED) is 0.621. The van der Waals surface area contributed by atoms with E-state index in [1.165, 1.54) is 11.3 Å². The molecule has 0 unspecified atom stereocenters. The highest BCUT2D eigenvalue weighted by Gasteiger charge is 2.23. The minimum atomic E-state index is -0.280. The number of hydrogen-bond donors (Lipinski definition) is 2. The van der Waals surface area contributed by atoms with Crippen molar-refractivity contribution in [1.29, 1.82) is 0 Å². The molecule has 2 aromatic rings. The van der Waals surface area contributed by atoms with Gasteiger partial charge in [-0.05, 0) is 38.8 Å². The van der Waals surface area contributed by atoms with Crippen molar-refractivity contribution in [3.63, 3.8) is 0 Å². The molecule has 1 aliphatic rings. The normalized spacial score (nSPS) is 14.9. The molecule has 1 aromatic carbocycles. The molecule has 0 saturated carbocycles. The highest BCUT2D eigenvalue weighted by Crippen LogP contribution is 2.29. The van der Waals surface area contributed by atoms with Gasteiger partial charge in [-0.1, -0.05) is 12.1 Å². The number of amides is 2. The number of piperidine rings is 1. The molecule has 9 heteroatoms. The highest BCUT2D eigenvalue weighted by molar-refractivity contribution is 7.09. The molecule has 3 rings (SSSR count). The second-order valence-electron chi connectivity index (χ2n) is 7.13. The fourth-order valence-corrected chi connectivity index (χ4v) is 4.00. The first-order valence-electron chi connectivity index (χ1n) is 10.1. The third-order valence-corrected chi connectivity index (χ3v) is 5.63. The van der Waals surface area contributed by atoms with E-state index >= 15 is 0 Å². The highest BCUT2D eigenvalue weighted by atomic mass is 32.1. The lowest BCUT2D eigenvalue weighted by atomic mass is 10.1. The zero-order chi connectivity index (χ0) is 21.3. The first-order chi connectivity index (χ1) is 14.5. The van der Waals surface area contributed by atoms with Crippen molar-refractivity contribution in [3.05, 3.63) is 40.3 Å². The van der Waals surface area contributed by atoms with E-state index in [1.807, 2.05) is 43.5 Å². The average molecular weight is 433 g/mol. The Labute approximate surface area is 180 Å². The van der Waals surface area contributed by atoms with E-state index < -0.39 is 0 Å². The van der Waals surface area contributed by atoms with Crippen LogP contribution in [-0.2, 0) is 16.0 Å². The number of aryl methyl sites for hydroxylation is 1. The number of para-hydroxylation sites is 2. The molecule has 0 aliphatic carbocycles. The summed E-state index contributed by atoms with van der Waals surface area (Å²) in [5, 5.41) is 2.62. The Morgan fingerprint density at radius 1 is 1.17 bits per heavy atom. The molecule has 8 nitrogen and oxygen atoms in total. The predicted molar refractivity (Wildman–Crippen MR) is 115 cm³/mol. The molecule has 162 valence electrons. The summed E-state index contributed by atoms with van der Waals surface area (Å²) in [6.45, 7) is 6.16. The van der Waals surface area contributed by atoms with Crippen LogP contribution in [0.25, 0.3) is 0 Å². The van der Waals surface area contributed by atoms with E-state index in [2.05, 4.69) is 20.7 Å². The Bertz CT molecular complexity index is 849. The standard InChI is InChI=1S/C21H28N4O4S/c1-3-28-17-6-4-5-7-18(17)29-16-8-10-25(11-9-16)13-20(27)24-23-19(26)12-21-22-15(2)14-30-21/h4-7,14,16H,3,8-13H2,1-2H3,(H,23,26)(H,24,27). The molecule has 1 saturated heterocycles. The number of rotatable bonds is 8. The number of hydrogen-bond acceptors (Lipinski definition) is 7. The molecule has 1 aliphatic heterocycles. The second kappa shape index (κ2) is 10.9. The Hall–Kier alpha value is -2.65. The molecule has 0 spiro atoms. The molecule has 2 N–H and O–H groups in total. The van der Waals surface area contributed by atoms with Crippen molar-refractivity contribution in [3.8, 4) is 11.5 Å². The van der Waals surface area contributed by atoms with Gasteiger partial charge in [-0.25, -0.2) is 4.98 Å². The summed E-state index contributed by atoms with van der Waals surface area (Å²) in [5.74, 6) is 0.997. The fraction of sp³-hybridized carbons (Fsp3) is 0.476. The van der Waals surface area contributed by atoms with Crippen LogP contribution in [0.3, 0.4) is 0 Å². The number of hydrazine groups is 1. The molecule has 0 bridgehead atoms. The number of thiazole rings is 1. The van der Waals surface area contributed by atoms with Gasteiger partial charge in [0.15, 0.2) is 11.5 Å². The van der Waals surface area contributed by atoms with Crippen LogP contribution < -0.4 is 20.3 Å². The predicted octanol–water partition coefficient (Wildman–Crippen LogP) is 2.08. The number of carbonyl (C=O) groups is 2. The van der Waals surface area contributed by atoms with Crippen LogP contribution in [0.2, 0.25) is 0 Å². The minimum absolute atomic E-state index is 0.0902. The maximum atomic E-state index is 12.1. The Morgan fingerprint density at radius 2 is 1.87 bits per heavy atom. The van der Waals surface area contributed by atoms with Crippen LogP contribution in [0.1, 0.15) is 30.5 Å². The molecule has 2 amide bonds. The summed E-state index contributed by atoms with van der Waals surface area (Å²) in [6.07, 6.45) is 1.89. The number of nitrogens with zero attached hydrogens (tertiary/aromatic N) is 2. The summed E-state index contributed by atoms with van der Waals surface area (Å²) >= 11 is 1.43. The topological polar surface area (TPSA) is 92.8 Å². The SMILES string of the molecule is CCOc1ccccc1OC1CCN(CC(=O)NNC(=O)Cc2nc(C)cs2)CC1. The molecule has 2 heterocycles. The maximum absolute atomic E-state index is 12.1. The third kappa shape index (κ3) is 6.70. The van der Waals surface area contributed by atoms with Crippen LogP contribution in [-0.4, -0.2) is 54.0 Å². The Kier molecular flexibility index (Phi) is 8.04. The zero-order valence-corrected chi connectivity index (χ0v) is 18.2. The molecule has 1 aromatic heterocycles. The van der Waals surface area contributed by atoms with Gasteiger partial charge in [-0.2, -0.15) is 0 Å². The van der Waals surface area contributed by atoms with Crippen molar-refractivity contribution in [2.45, 2.75) is 39.2 Å². The van der Waals surface area contributed by atoms with Gasteiger partial charge in [0.1, 0.15) is 11.1 Å². The van der Waals surface area contributed by atoms with Crippen molar-refractivity contribution in [2.24, 2.45) is 0 Å². The van der Waals surface area contributed by atoms with Crippen LogP contribution >= 0.6 is 11.3 Å². The average Bonchev–Trinajstić information content (AvgIpc) is 3.14. The third-order valence-electron chi connectivity index (χ3n) is 4.66. The summed E-state index contributed by atoms with van der Waals surface area (Å²) in [5.41, 5.74) is 5.82. The monoisotopic (exact) mass is 432 g/mol. The van der Waals surface area contributed by atoms with Crippen molar-refractivity contribution in [1.82, 2.24) is 20.7 Å². The van der Waals surface area contributed by atoms with Crippen molar-refractivity contribution < 1.29 is 19.1 Å². The molecule has 30 heavy (non-hydrogen) atoms. The van der Waals surface area contributed by atoms with E-state index in [0.717, 1.165) is 48.1 Å². The van der Waals surface area contributed by atoms with Crippen LogP contribution in [0, 0.1) is 6.92 Å². The summed E-state index contributed by atoms with van der Waals surface area (Å²) in [4.78, 5) is 30.3. The van der Waals surface area contributed by atoms with Crippen molar-refractivity contribution >= 4 is 23.2 Å². The maximum Gasteiger partial charge on any atom is 0.252 e. The number of aromatic nitrogens is 1. The first-order valence-corrected chi connectivity index (χ1v) is 11.0. The zero-order valence-electron chi connectivity index (χ0n) is 17.3. The molecular weight excluding hydrogens is 404 g/mol. The largest absolute Gasteiger partial charge is 0.490 e. The minimum Gasteiger partial charge on any atom is -0.490 e. The van der Waals surface area contributed by atoms with E-state index in [0.29, 0.717) is 6.61 Å². The van der Waals surface area contributed by atoms with Gasteiger partial charge in [-0.15, -0.1) is 11.3 Å². The van der Waals surface area contributed by atoms with Gasteiger partial charge in [-0.3, -0.25) is 25.3 Å². The number of carbonyl (C=O) groups excluding carboxylic acids is 2. The van der Waals surface area contributed by atoms with Gasteiger partial charge in [0.2, 0.25) is 5.91 Å². The lowest BCUT2D eigenvalue weighted by Gasteiger charge is -2.31. The van der Waals surface area contributed by atoms with Crippen LogP contribution in [0.15, 0.2) is 29.6 Å². The molecule has 0 atom stereocenters. The smallest absolute Gasteiger partial charge is 0.252 e. The lowest BCUT2D eigenvalue weighted by Crippen LogP contribution is -2.49. The number of ether oxygens (including phenoxy) is 2. The van der Waals surface area contributed by atoms with Crippen LogP contribution in [0.5, 0.6) is 11.5 Å². The molecule has 0 radical (unpaired) electrons. The summed E-state index contributed by atoms with van der Waals surface area (Å²) < 4.78 is 11.7. The second-order valence-corrected chi connectivity index (χ2v) is 8.07. The van der Waals surface area contributed by atoms with Gasteiger partial charge >= 0.3 is 0 Å². The first kappa shape index (κ1) is 22.0. The fourth-order valence-electron chi connectivity index (χ4n) is 3.23. The molecule has 1 fully saturated rings. The lowest BCUT2D eigenvalue weighted by molar-refractivity contribution is -0.129. The number of likely N-dealkylation sites (tertiary alicyclic amines) is 1. The van der Waals surface area contributed by atoms with Gasteiger partial charge in [0.05, 0.1) is 19.6 Å². The Balaban J connectivity index is 1.36. The van der Waals surface area contributed by atoms with E-state index in [-0.39, 0.29) is 30.9 Å². The van der Waals surface area contributed by atoms with E-state index in [1.54, 1.807) is 0 Å². The van der Waals surface area contributed by atoms with Crippen molar-refractivity contribution in [2.75, 3.05) is 26.2 Å². The van der Waals surface area contributed by atoms with E-state index in [4.69, 9.17) is 9.47 Å². The van der Waals surface area contributed by atoms with Gasteiger partial charge < -0.3 is 9.47 Å². The number of nitrogens with one attached hydrogen (secondary N) is 2.